The second kappa shape index (κ2) is 10.7. The SMILES string of the molecule is [2H]CCCCCCC(CCCCCC[2H])(C(=O)O)C(C(=O)O)S(=O)(=O)O. The van der Waals surface area contributed by atoms with E-state index in [2.05, 4.69) is 0 Å². The number of hydrogen-bond donors (Lipinski definition) is 3. The molecule has 0 saturated heterocycles. The van der Waals surface area contributed by atoms with E-state index in [1.54, 1.807) is 0 Å². The summed E-state index contributed by atoms with van der Waals surface area (Å²) < 4.78 is 46.9. The summed E-state index contributed by atoms with van der Waals surface area (Å²) in [4.78, 5) is 23.5. The first-order chi connectivity index (χ1) is 12.1. The van der Waals surface area contributed by atoms with Crippen LogP contribution in [0.3, 0.4) is 0 Å². The quantitative estimate of drug-likeness (QED) is 0.317. The molecular formula is C16H30O7S. The predicted octanol–water partition coefficient (Wildman–Crippen LogP) is 3.34. The molecule has 0 aromatic carbocycles. The highest BCUT2D eigenvalue weighted by molar-refractivity contribution is 7.87. The smallest absolute Gasteiger partial charge is 0.325 e. The number of unbranched alkanes of at least 4 members (excludes halogenated alkanes) is 6. The molecule has 0 rings (SSSR count). The van der Waals surface area contributed by atoms with E-state index in [0.717, 1.165) is 0 Å². The van der Waals surface area contributed by atoms with Gasteiger partial charge in [-0.1, -0.05) is 65.2 Å². The summed E-state index contributed by atoms with van der Waals surface area (Å²) >= 11 is 0. The van der Waals surface area contributed by atoms with Gasteiger partial charge in [0.15, 0.2) is 5.25 Å². The molecule has 3 N–H and O–H groups in total. The lowest BCUT2D eigenvalue weighted by atomic mass is 9.74. The van der Waals surface area contributed by atoms with Crippen molar-refractivity contribution in [2.75, 3.05) is 0 Å². The molecule has 0 aliphatic carbocycles. The third kappa shape index (κ3) is 6.76. The minimum atomic E-state index is -5.10. The zero-order chi connectivity index (χ0) is 20.2. The molecule has 0 aliphatic heterocycles. The number of hydrogen-bond acceptors (Lipinski definition) is 4. The maximum Gasteiger partial charge on any atom is 0.325 e. The number of carboxylic acid groups (broad SMARTS) is 2. The van der Waals surface area contributed by atoms with E-state index in [1.807, 2.05) is 0 Å². The minimum Gasteiger partial charge on any atom is -0.481 e. The topological polar surface area (TPSA) is 129 Å². The lowest BCUT2D eigenvalue weighted by molar-refractivity contribution is -0.156. The zero-order valence-corrected chi connectivity index (χ0v) is 14.8. The lowest BCUT2D eigenvalue weighted by Crippen LogP contribution is -2.51. The molecule has 1 unspecified atom stereocenters. The van der Waals surface area contributed by atoms with Gasteiger partial charge < -0.3 is 10.2 Å². The third-order valence-electron chi connectivity index (χ3n) is 4.20. The third-order valence-corrected chi connectivity index (χ3v) is 5.44. The average Bonchev–Trinajstić information content (AvgIpc) is 2.52. The number of aliphatic carboxylic acids is 2. The van der Waals surface area contributed by atoms with Crippen LogP contribution in [0.4, 0.5) is 0 Å². The van der Waals surface area contributed by atoms with Gasteiger partial charge in [-0.05, 0) is 12.8 Å². The fraction of sp³-hybridized carbons (Fsp3) is 0.875. The monoisotopic (exact) mass is 368 g/mol. The van der Waals surface area contributed by atoms with Crippen LogP contribution < -0.4 is 0 Å². The second-order valence-corrected chi connectivity index (χ2v) is 7.52. The molecule has 0 radical (unpaired) electrons. The Balaban J connectivity index is 5.46. The fourth-order valence-corrected chi connectivity index (χ4v) is 4.11. The van der Waals surface area contributed by atoms with E-state index in [1.165, 1.54) is 0 Å². The van der Waals surface area contributed by atoms with Crippen LogP contribution in [0.2, 0.25) is 0 Å². The van der Waals surface area contributed by atoms with Gasteiger partial charge in [0.05, 0.1) is 5.41 Å². The average molecular weight is 368 g/mol. The predicted molar refractivity (Wildman–Crippen MR) is 90.6 cm³/mol. The van der Waals surface area contributed by atoms with Crippen LogP contribution in [-0.2, 0) is 19.7 Å². The molecular weight excluding hydrogens is 336 g/mol. The van der Waals surface area contributed by atoms with Gasteiger partial charge in [0.1, 0.15) is 0 Å². The fourth-order valence-electron chi connectivity index (χ4n) is 2.95. The Kier molecular flexibility index (Phi) is 8.52. The highest BCUT2D eigenvalue weighted by Crippen LogP contribution is 2.39. The molecule has 0 fully saturated rings. The number of carboxylic acids is 2. The van der Waals surface area contributed by atoms with Crippen molar-refractivity contribution >= 4 is 22.1 Å². The van der Waals surface area contributed by atoms with Crippen LogP contribution in [0, 0.1) is 5.41 Å². The van der Waals surface area contributed by atoms with E-state index in [9.17, 15) is 32.8 Å². The first-order valence-corrected chi connectivity index (χ1v) is 9.64. The first-order valence-electron chi connectivity index (χ1n) is 9.56. The van der Waals surface area contributed by atoms with E-state index in [-0.39, 0.29) is 26.6 Å². The maximum atomic E-state index is 12.0. The van der Waals surface area contributed by atoms with Gasteiger partial charge in [-0.25, -0.2) is 0 Å². The highest BCUT2D eigenvalue weighted by Gasteiger charge is 2.55. The summed E-state index contributed by atoms with van der Waals surface area (Å²) in [5, 5.41) is 16.6. The van der Waals surface area contributed by atoms with Crippen LogP contribution in [0.25, 0.3) is 0 Å². The van der Waals surface area contributed by atoms with Gasteiger partial charge in [0, 0.05) is 2.74 Å². The van der Waals surface area contributed by atoms with Crippen LogP contribution in [-0.4, -0.2) is 40.4 Å². The summed E-state index contributed by atoms with van der Waals surface area (Å²) in [7, 11) is -5.10. The molecule has 0 amide bonds. The lowest BCUT2D eigenvalue weighted by Gasteiger charge is -2.33. The van der Waals surface area contributed by atoms with Crippen molar-refractivity contribution in [3.05, 3.63) is 0 Å². The summed E-state index contributed by atoms with van der Waals surface area (Å²) in [6, 6.07) is 0. The van der Waals surface area contributed by atoms with Gasteiger partial charge >= 0.3 is 11.9 Å². The second-order valence-electron chi connectivity index (χ2n) is 6.02. The van der Waals surface area contributed by atoms with Gasteiger partial charge in [0.25, 0.3) is 10.1 Å². The summed E-state index contributed by atoms with van der Waals surface area (Å²) in [5.74, 6) is -3.41. The minimum absolute atomic E-state index is 0.171. The first kappa shape index (κ1) is 19.2. The Morgan fingerprint density at radius 2 is 1.42 bits per heavy atom. The van der Waals surface area contributed by atoms with Crippen molar-refractivity contribution in [2.45, 2.75) is 83.3 Å². The Morgan fingerprint density at radius 1 is 0.958 bits per heavy atom. The molecule has 142 valence electrons. The van der Waals surface area contributed by atoms with Gasteiger partial charge in [0.2, 0.25) is 0 Å². The standard InChI is InChI=1S/C16H30O7S/c1-3-5-7-9-11-16(15(19)20,12-10-8-6-4-2)13(14(17)18)24(21,22)23/h13H,3-12H2,1-2H3,(H,17,18)(H,19,20)(H,21,22,23)/i1D,2D. The number of carbonyl (C=O) groups is 2. The molecule has 0 heterocycles. The van der Waals surface area contributed by atoms with Gasteiger partial charge in [-0.15, -0.1) is 0 Å². The van der Waals surface area contributed by atoms with E-state index in [0.29, 0.717) is 51.4 Å². The van der Waals surface area contributed by atoms with Gasteiger partial charge in [-0.3, -0.25) is 14.1 Å². The van der Waals surface area contributed by atoms with Gasteiger partial charge in [-0.2, -0.15) is 8.42 Å². The molecule has 0 aromatic rings. The van der Waals surface area contributed by atoms with Crippen LogP contribution >= 0.6 is 0 Å². The van der Waals surface area contributed by atoms with Crippen molar-refractivity contribution < 1.29 is 35.5 Å². The maximum absolute atomic E-state index is 12.0. The van der Waals surface area contributed by atoms with Crippen molar-refractivity contribution in [2.24, 2.45) is 5.41 Å². The molecule has 0 aromatic heterocycles. The molecule has 0 spiro atoms. The van der Waals surface area contributed by atoms with E-state index >= 15 is 0 Å². The molecule has 0 aliphatic rings. The van der Waals surface area contributed by atoms with E-state index < -0.39 is 32.7 Å². The van der Waals surface area contributed by atoms with Crippen molar-refractivity contribution in [1.29, 1.82) is 0 Å². The summed E-state index contributed by atoms with van der Waals surface area (Å²) in [5.41, 5.74) is -2.10. The molecule has 24 heavy (non-hydrogen) atoms. The molecule has 0 saturated carbocycles. The molecule has 8 heteroatoms. The van der Waals surface area contributed by atoms with Crippen molar-refractivity contribution in [3.8, 4) is 0 Å². The molecule has 7 nitrogen and oxygen atoms in total. The number of rotatable bonds is 14. The highest BCUT2D eigenvalue weighted by atomic mass is 32.2. The molecule has 0 bridgehead atoms. The van der Waals surface area contributed by atoms with E-state index in [4.69, 9.17) is 2.74 Å². The van der Waals surface area contributed by atoms with Crippen LogP contribution in [0.5, 0.6) is 0 Å². The largest absolute Gasteiger partial charge is 0.481 e. The van der Waals surface area contributed by atoms with Crippen molar-refractivity contribution in [1.82, 2.24) is 0 Å². The van der Waals surface area contributed by atoms with Crippen LogP contribution in [0.15, 0.2) is 0 Å². The summed E-state index contributed by atoms with van der Waals surface area (Å²) in [6.45, 7) is 0.478. The normalized spacial score (nSPS) is 14.7. The Bertz CT molecular complexity index is 523. The van der Waals surface area contributed by atoms with Crippen LogP contribution in [0.1, 0.15) is 80.7 Å². The zero-order valence-electron chi connectivity index (χ0n) is 15.9. The Morgan fingerprint density at radius 3 is 1.71 bits per heavy atom. The summed E-state index contributed by atoms with van der Waals surface area (Å²) in [6.07, 6.45) is 4.00. The Labute approximate surface area is 147 Å². The Hall–Kier alpha value is -1.15. The molecule has 1 atom stereocenters. The van der Waals surface area contributed by atoms with Crippen molar-refractivity contribution in [3.63, 3.8) is 0 Å².